The van der Waals surface area contributed by atoms with Crippen molar-refractivity contribution in [3.8, 4) is 0 Å². The second-order valence-corrected chi connectivity index (χ2v) is 7.55. The molecule has 0 fully saturated rings. The molecule has 0 spiro atoms. The molecule has 1 rings (SSSR count). The molecule has 2 N–H and O–H groups in total. The van der Waals surface area contributed by atoms with E-state index in [-0.39, 0.29) is 11.2 Å². The Morgan fingerprint density at radius 3 is 2.32 bits per heavy atom. The van der Waals surface area contributed by atoms with Gasteiger partial charge in [-0.2, -0.15) is 0 Å². The van der Waals surface area contributed by atoms with E-state index in [9.17, 15) is 9.18 Å². The second kappa shape index (κ2) is 6.99. The van der Waals surface area contributed by atoms with Crippen LogP contribution in [0.15, 0.2) is 18.2 Å². The number of benzene rings is 1. The fraction of sp³-hybridized carbons (Fsp3) is 0.588. The molecule has 1 aromatic carbocycles. The summed E-state index contributed by atoms with van der Waals surface area (Å²) in [5.74, 6) is -0.354. The maximum Gasteiger partial charge on any atom is 0.412 e. The minimum atomic E-state index is -0.579. The molecule has 0 atom stereocenters. The predicted molar refractivity (Wildman–Crippen MR) is 88.8 cm³/mol. The maximum absolute atomic E-state index is 13.4. The highest BCUT2D eigenvalue weighted by Crippen LogP contribution is 2.25. The van der Waals surface area contributed by atoms with Gasteiger partial charge in [-0.15, -0.1) is 0 Å². The van der Waals surface area contributed by atoms with Gasteiger partial charge in [0, 0.05) is 6.54 Å². The average molecular weight is 310 g/mol. The zero-order valence-corrected chi connectivity index (χ0v) is 14.3. The molecule has 0 aliphatic heterocycles. The molecule has 0 aliphatic carbocycles. The van der Waals surface area contributed by atoms with Crippen molar-refractivity contribution >= 4 is 17.5 Å². The lowest BCUT2D eigenvalue weighted by Gasteiger charge is -2.22. The van der Waals surface area contributed by atoms with Gasteiger partial charge in [-0.05, 0) is 50.8 Å². The van der Waals surface area contributed by atoms with Crippen LogP contribution in [0, 0.1) is 11.2 Å². The molecular formula is C17H27FN2O2. The van der Waals surface area contributed by atoms with Crippen molar-refractivity contribution in [1.82, 2.24) is 0 Å². The van der Waals surface area contributed by atoms with Gasteiger partial charge in [0.25, 0.3) is 0 Å². The highest BCUT2D eigenvalue weighted by Gasteiger charge is 2.17. The van der Waals surface area contributed by atoms with E-state index in [2.05, 4.69) is 31.4 Å². The van der Waals surface area contributed by atoms with Gasteiger partial charge in [0.05, 0.1) is 11.4 Å². The quantitative estimate of drug-likeness (QED) is 0.821. The van der Waals surface area contributed by atoms with Crippen LogP contribution in [0.4, 0.5) is 20.6 Å². The lowest BCUT2D eigenvalue weighted by atomic mass is 9.92. The number of hydrogen-bond donors (Lipinski definition) is 2. The van der Waals surface area contributed by atoms with Gasteiger partial charge in [0.2, 0.25) is 0 Å². The second-order valence-electron chi connectivity index (χ2n) is 7.55. The van der Waals surface area contributed by atoms with Crippen LogP contribution in [-0.4, -0.2) is 18.2 Å². The standard InChI is InChI=1S/C17H27FN2O2/c1-16(2,3)9-10-19-14-11-12(18)7-8-13(14)20-15(21)22-17(4,5)6/h7-8,11,19H,9-10H2,1-6H3,(H,20,21). The van der Waals surface area contributed by atoms with Crippen LogP contribution >= 0.6 is 0 Å². The molecule has 5 heteroatoms. The minimum Gasteiger partial charge on any atom is -0.444 e. The highest BCUT2D eigenvalue weighted by atomic mass is 19.1. The number of rotatable bonds is 4. The van der Waals surface area contributed by atoms with E-state index >= 15 is 0 Å². The summed E-state index contributed by atoms with van der Waals surface area (Å²) in [7, 11) is 0. The van der Waals surface area contributed by atoms with Crippen molar-refractivity contribution in [2.24, 2.45) is 5.41 Å². The van der Waals surface area contributed by atoms with Gasteiger partial charge in [-0.3, -0.25) is 5.32 Å². The Kier molecular flexibility index (Phi) is 5.80. The zero-order chi connectivity index (χ0) is 17.0. The number of anilines is 2. The summed E-state index contributed by atoms with van der Waals surface area (Å²) in [6, 6.07) is 4.20. The monoisotopic (exact) mass is 310 g/mol. The van der Waals surface area contributed by atoms with Crippen molar-refractivity contribution in [3.05, 3.63) is 24.0 Å². The fourth-order valence-corrected chi connectivity index (χ4v) is 1.76. The van der Waals surface area contributed by atoms with Crippen molar-refractivity contribution < 1.29 is 13.9 Å². The zero-order valence-electron chi connectivity index (χ0n) is 14.3. The van der Waals surface area contributed by atoms with Gasteiger partial charge in [-0.25, -0.2) is 9.18 Å². The Bertz CT molecular complexity index is 516. The van der Waals surface area contributed by atoms with Crippen LogP contribution in [-0.2, 0) is 4.74 Å². The van der Waals surface area contributed by atoms with E-state index in [0.717, 1.165) is 6.42 Å². The summed E-state index contributed by atoms with van der Waals surface area (Å²) < 4.78 is 18.6. The number of ether oxygens (including phenoxy) is 1. The molecular weight excluding hydrogens is 283 g/mol. The normalized spacial score (nSPS) is 12.0. The van der Waals surface area contributed by atoms with Crippen molar-refractivity contribution in [2.45, 2.75) is 53.6 Å². The van der Waals surface area contributed by atoms with Gasteiger partial charge < -0.3 is 10.1 Å². The third-order valence-corrected chi connectivity index (χ3v) is 2.81. The first-order valence-electron chi connectivity index (χ1n) is 7.50. The van der Waals surface area contributed by atoms with Crippen LogP contribution in [0.5, 0.6) is 0 Å². The van der Waals surface area contributed by atoms with Gasteiger partial charge in [-0.1, -0.05) is 20.8 Å². The molecule has 22 heavy (non-hydrogen) atoms. The van der Waals surface area contributed by atoms with Crippen molar-refractivity contribution in [2.75, 3.05) is 17.2 Å². The Morgan fingerprint density at radius 1 is 1.14 bits per heavy atom. The summed E-state index contributed by atoms with van der Waals surface area (Å²) in [5, 5.41) is 5.82. The Morgan fingerprint density at radius 2 is 1.77 bits per heavy atom. The van der Waals surface area contributed by atoms with E-state index in [1.54, 1.807) is 20.8 Å². The predicted octanol–water partition coefficient (Wildman–Crippen LogP) is 5.02. The SMILES string of the molecule is CC(C)(C)CCNc1cc(F)ccc1NC(=O)OC(C)(C)C. The van der Waals surface area contributed by atoms with Gasteiger partial charge in [0.1, 0.15) is 11.4 Å². The molecule has 0 saturated carbocycles. The summed E-state index contributed by atoms with van der Waals surface area (Å²) >= 11 is 0. The first kappa shape index (κ1) is 18.3. The third-order valence-electron chi connectivity index (χ3n) is 2.81. The molecule has 0 radical (unpaired) electrons. The first-order chi connectivity index (χ1) is 9.96. The topological polar surface area (TPSA) is 50.4 Å². The summed E-state index contributed by atoms with van der Waals surface area (Å²) in [6.07, 6.45) is 0.369. The summed E-state index contributed by atoms with van der Waals surface area (Å²) in [4.78, 5) is 11.8. The molecule has 0 unspecified atom stereocenters. The number of amides is 1. The van der Waals surface area contributed by atoms with E-state index in [4.69, 9.17) is 4.74 Å². The largest absolute Gasteiger partial charge is 0.444 e. The highest BCUT2D eigenvalue weighted by molar-refractivity contribution is 5.89. The van der Waals surface area contributed by atoms with E-state index < -0.39 is 11.7 Å². The van der Waals surface area contributed by atoms with Crippen LogP contribution in [0.3, 0.4) is 0 Å². The van der Waals surface area contributed by atoms with Crippen LogP contribution < -0.4 is 10.6 Å². The molecule has 4 nitrogen and oxygen atoms in total. The molecule has 0 bridgehead atoms. The molecule has 0 heterocycles. The maximum atomic E-state index is 13.4. The number of halogens is 1. The summed E-state index contributed by atoms with van der Waals surface area (Å²) in [5.41, 5.74) is 0.655. The Labute approximate surface area is 132 Å². The number of carbonyl (C=O) groups is 1. The van der Waals surface area contributed by atoms with Gasteiger partial charge >= 0.3 is 6.09 Å². The summed E-state index contributed by atoms with van der Waals surface area (Å²) in [6.45, 7) is 12.5. The van der Waals surface area contributed by atoms with Crippen LogP contribution in [0.2, 0.25) is 0 Å². The van der Waals surface area contributed by atoms with Gasteiger partial charge in [0.15, 0.2) is 0 Å². The Balaban J connectivity index is 2.76. The molecule has 124 valence electrons. The number of carbonyl (C=O) groups excluding carboxylic acids is 1. The minimum absolute atomic E-state index is 0.180. The molecule has 0 aliphatic rings. The average Bonchev–Trinajstić information content (AvgIpc) is 2.28. The molecule has 1 amide bonds. The lowest BCUT2D eigenvalue weighted by molar-refractivity contribution is 0.0636. The van der Waals surface area contributed by atoms with Crippen molar-refractivity contribution in [1.29, 1.82) is 0 Å². The number of hydrogen-bond acceptors (Lipinski definition) is 3. The van der Waals surface area contributed by atoms with E-state index in [0.29, 0.717) is 17.9 Å². The van der Waals surface area contributed by atoms with Crippen LogP contribution in [0.25, 0.3) is 0 Å². The Hall–Kier alpha value is -1.78. The fourth-order valence-electron chi connectivity index (χ4n) is 1.76. The molecule has 0 aromatic heterocycles. The van der Waals surface area contributed by atoms with Crippen molar-refractivity contribution in [3.63, 3.8) is 0 Å². The smallest absolute Gasteiger partial charge is 0.412 e. The third kappa shape index (κ3) is 7.29. The van der Waals surface area contributed by atoms with Crippen LogP contribution in [0.1, 0.15) is 48.0 Å². The van der Waals surface area contributed by atoms with E-state index in [1.165, 1.54) is 18.2 Å². The molecule has 0 saturated heterocycles. The first-order valence-corrected chi connectivity index (χ1v) is 7.50. The lowest BCUT2D eigenvalue weighted by Crippen LogP contribution is -2.27. The molecule has 1 aromatic rings. The number of nitrogens with one attached hydrogen (secondary N) is 2. The van der Waals surface area contributed by atoms with E-state index in [1.807, 2.05) is 0 Å².